The minimum absolute atomic E-state index is 0.00716. The smallest absolute Gasteiger partial charge is 0.186 e. The summed E-state index contributed by atoms with van der Waals surface area (Å²) in [4.78, 5) is 0. The Morgan fingerprint density at radius 1 is 1.00 bits per heavy atom. The monoisotopic (exact) mass is 259 g/mol. The van der Waals surface area contributed by atoms with Crippen molar-refractivity contribution in [2.24, 2.45) is 0 Å². The van der Waals surface area contributed by atoms with E-state index in [2.05, 4.69) is 67.8 Å². The van der Waals surface area contributed by atoms with Gasteiger partial charge in [0, 0.05) is 18.0 Å². The van der Waals surface area contributed by atoms with Crippen LogP contribution in [0.2, 0.25) is 19.6 Å². The number of rotatable bonds is 4. The molecule has 1 aromatic heterocycles. The predicted molar refractivity (Wildman–Crippen MR) is 78.2 cm³/mol. The second-order valence-corrected chi connectivity index (χ2v) is 10.1. The molecule has 0 aliphatic rings. The molecule has 0 aliphatic carbocycles. The Morgan fingerprint density at radius 2 is 1.56 bits per heavy atom. The summed E-state index contributed by atoms with van der Waals surface area (Å²) in [5.74, 6) is 0. The largest absolute Gasteiger partial charge is 0.394 e. The zero-order valence-electron chi connectivity index (χ0n) is 11.6. The van der Waals surface area contributed by atoms with Crippen LogP contribution in [0, 0.1) is 6.92 Å². The normalized spacial score (nSPS) is 13.6. The molecule has 2 rings (SSSR count). The summed E-state index contributed by atoms with van der Waals surface area (Å²) in [5, 5.41) is 0. The van der Waals surface area contributed by atoms with E-state index in [1.54, 1.807) is 0 Å². The van der Waals surface area contributed by atoms with Crippen molar-refractivity contribution in [1.29, 1.82) is 0 Å². The van der Waals surface area contributed by atoms with Gasteiger partial charge in [0.1, 0.15) is 6.23 Å². The quantitative estimate of drug-likeness (QED) is 0.751. The molecule has 0 saturated heterocycles. The van der Waals surface area contributed by atoms with E-state index >= 15 is 0 Å². The van der Waals surface area contributed by atoms with Crippen molar-refractivity contribution in [3.63, 3.8) is 0 Å². The fourth-order valence-electron chi connectivity index (χ4n) is 1.87. The minimum atomic E-state index is -1.59. The Hall–Kier alpha value is -1.32. The number of hydrogen-bond donors (Lipinski definition) is 0. The molecule has 0 saturated carbocycles. The number of aromatic nitrogens is 1. The van der Waals surface area contributed by atoms with Gasteiger partial charge in [0.15, 0.2) is 8.32 Å². The molecule has 1 atom stereocenters. The molecule has 0 radical (unpaired) electrons. The Bertz CT molecular complexity index is 482. The Labute approximate surface area is 110 Å². The molecule has 0 spiro atoms. The first kappa shape index (κ1) is 13.1. The highest BCUT2D eigenvalue weighted by molar-refractivity contribution is 6.69. The first-order chi connectivity index (χ1) is 8.46. The van der Waals surface area contributed by atoms with Gasteiger partial charge in [-0.3, -0.25) is 0 Å². The summed E-state index contributed by atoms with van der Waals surface area (Å²) in [5.41, 5.74) is 2.48. The van der Waals surface area contributed by atoms with E-state index in [0.717, 1.165) is 0 Å². The molecule has 3 heteroatoms. The summed E-state index contributed by atoms with van der Waals surface area (Å²) >= 11 is 0. The number of hydrogen-bond acceptors (Lipinski definition) is 1. The highest BCUT2D eigenvalue weighted by Crippen LogP contribution is 2.24. The van der Waals surface area contributed by atoms with Crippen molar-refractivity contribution in [2.75, 3.05) is 0 Å². The average Bonchev–Trinajstić information content (AvgIpc) is 2.79. The van der Waals surface area contributed by atoms with Gasteiger partial charge < -0.3 is 8.99 Å². The molecule has 0 N–H and O–H groups in total. The lowest BCUT2D eigenvalue weighted by Crippen LogP contribution is -2.30. The van der Waals surface area contributed by atoms with Crippen molar-refractivity contribution in [3.8, 4) is 0 Å². The van der Waals surface area contributed by atoms with E-state index in [1.165, 1.54) is 11.1 Å². The second kappa shape index (κ2) is 5.12. The highest BCUT2D eigenvalue weighted by atomic mass is 28.4. The molecule has 0 amide bonds. The zero-order valence-corrected chi connectivity index (χ0v) is 12.6. The fraction of sp³-hybridized carbons (Fsp3) is 0.333. The van der Waals surface area contributed by atoms with E-state index in [-0.39, 0.29) is 6.23 Å². The SMILES string of the molecule is Cc1ccc(C(O[Si](C)(C)C)n2cccc2)cc1. The first-order valence-corrected chi connectivity index (χ1v) is 9.73. The van der Waals surface area contributed by atoms with Crippen molar-refractivity contribution in [2.45, 2.75) is 32.8 Å². The van der Waals surface area contributed by atoms with Gasteiger partial charge in [0.05, 0.1) is 0 Å². The summed E-state index contributed by atoms with van der Waals surface area (Å²) in [6, 6.07) is 12.7. The van der Waals surface area contributed by atoms with Crippen molar-refractivity contribution in [3.05, 3.63) is 59.9 Å². The Balaban J connectivity index is 2.33. The molecule has 2 nitrogen and oxygen atoms in total. The van der Waals surface area contributed by atoms with Gasteiger partial charge >= 0.3 is 0 Å². The molecular formula is C15H21NOSi. The molecule has 1 aromatic carbocycles. The second-order valence-electron chi connectivity index (χ2n) is 5.62. The first-order valence-electron chi connectivity index (χ1n) is 6.32. The average molecular weight is 259 g/mol. The molecule has 96 valence electrons. The van der Waals surface area contributed by atoms with E-state index in [4.69, 9.17) is 4.43 Å². The number of benzene rings is 1. The third-order valence-electron chi connectivity index (χ3n) is 2.73. The third-order valence-corrected chi connectivity index (χ3v) is 3.66. The molecule has 0 aliphatic heterocycles. The van der Waals surface area contributed by atoms with Crippen LogP contribution in [-0.2, 0) is 4.43 Å². The van der Waals surface area contributed by atoms with Gasteiger partial charge in [-0.25, -0.2) is 0 Å². The number of aryl methyl sites for hydroxylation is 1. The van der Waals surface area contributed by atoms with Crippen molar-refractivity contribution < 1.29 is 4.43 Å². The highest BCUT2D eigenvalue weighted by Gasteiger charge is 2.23. The van der Waals surface area contributed by atoms with E-state index < -0.39 is 8.32 Å². The van der Waals surface area contributed by atoms with Crippen LogP contribution in [0.15, 0.2) is 48.8 Å². The maximum absolute atomic E-state index is 6.31. The van der Waals surface area contributed by atoms with Gasteiger partial charge in [-0.2, -0.15) is 0 Å². The summed E-state index contributed by atoms with van der Waals surface area (Å²) in [6.07, 6.45) is 4.11. The van der Waals surface area contributed by atoms with Gasteiger partial charge in [-0.05, 0) is 38.7 Å². The lowest BCUT2D eigenvalue weighted by Gasteiger charge is -2.28. The lowest BCUT2D eigenvalue weighted by molar-refractivity contribution is 0.166. The third kappa shape index (κ3) is 3.34. The molecule has 0 fully saturated rings. The lowest BCUT2D eigenvalue weighted by atomic mass is 10.1. The van der Waals surface area contributed by atoms with Crippen LogP contribution in [0.4, 0.5) is 0 Å². The molecular weight excluding hydrogens is 238 g/mol. The van der Waals surface area contributed by atoms with E-state index in [1.807, 2.05) is 12.1 Å². The van der Waals surface area contributed by atoms with Crippen LogP contribution in [0.3, 0.4) is 0 Å². The van der Waals surface area contributed by atoms with Crippen LogP contribution in [0.5, 0.6) is 0 Å². The molecule has 1 heterocycles. The van der Waals surface area contributed by atoms with Crippen molar-refractivity contribution in [1.82, 2.24) is 4.57 Å². The molecule has 1 unspecified atom stereocenters. The van der Waals surface area contributed by atoms with Crippen LogP contribution >= 0.6 is 0 Å². The van der Waals surface area contributed by atoms with Crippen molar-refractivity contribution >= 4 is 8.32 Å². The van der Waals surface area contributed by atoms with E-state index in [0.29, 0.717) is 0 Å². The fourth-order valence-corrected chi connectivity index (χ4v) is 2.80. The molecule has 2 aromatic rings. The molecule has 0 bridgehead atoms. The Kier molecular flexibility index (Phi) is 3.73. The standard InChI is InChI=1S/C15H21NOSi/c1-13-7-9-14(10-8-13)15(17-18(2,3)4)16-11-5-6-12-16/h5-12,15H,1-4H3. The summed E-state index contributed by atoms with van der Waals surface area (Å²) < 4.78 is 8.44. The Morgan fingerprint density at radius 3 is 2.06 bits per heavy atom. The molecule has 18 heavy (non-hydrogen) atoms. The van der Waals surface area contributed by atoms with Gasteiger partial charge in [-0.1, -0.05) is 29.8 Å². The summed E-state index contributed by atoms with van der Waals surface area (Å²) in [6.45, 7) is 8.76. The van der Waals surface area contributed by atoms with Gasteiger partial charge in [0.2, 0.25) is 0 Å². The van der Waals surface area contributed by atoms with Crippen LogP contribution in [0.25, 0.3) is 0 Å². The van der Waals surface area contributed by atoms with Crippen LogP contribution in [-0.4, -0.2) is 12.9 Å². The summed E-state index contributed by atoms with van der Waals surface area (Å²) in [7, 11) is -1.59. The number of nitrogens with zero attached hydrogens (tertiary/aromatic N) is 1. The maximum Gasteiger partial charge on any atom is 0.186 e. The zero-order chi connectivity index (χ0) is 13.2. The van der Waals surface area contributed by atoms with E-state index in [9.17, 15) is 0 Å². The topological polar surface area (TPSA) is 14.2 Å². The minimum Gasteiger partial charge on any atom is -0.394 e. The van der Waals surface area contributed by atoms with Gasteiger partial charge in [-0.15, -0.1) is 0 Å². The van der Waals surface area contributed by atoms with Crippen LogP contribution in [0.1, 0.15) is 17.4 Å². The van der Waals surface area contributed by atoms with Crippen LogP contribution < -0.4 is 0 Å². The van der Waals surface area contributed by atoms with Gasteiger partial charge in [0.25, 0.3) is 0 Å². The maximum atomic E-state index is 6.31. The predicted octanol–water partition coefficient (Wildman–Crippen LogP) is 4.19.